The zero-order valence-corrected chi connectivity index (χ0v) is 18.9. The number of amides is 2. The van der Waals surface area contributed by atoms with Gasteiger partial charge >= 0.3 is 5.97 Å². The highest BCUT2D eigenvalue weighted by Gasteiger charge is 2.55. The molecule has 0 aliphatic heterocycles. The summed E-state index contributed by atoms with van der Waals surface area (Å²) in [5, 5.41) is 15.8. The maximum absolute atomic E-state index is 13.5. The predicted octanol–water partition coefficient (Wildman–Crippen LogP) is 3.53. The lowest BCUT2D eigenvalue weighted by Crippen LogP contribution is -2.59. The van der Waals surface area contributed by atoms with Gasteiger partial charge in [0.25, 0.3) is 5.91 Å². The van der Waals surface area contributed by atoms with Gasteiger partial charge in [-0.3, -0.25) is 19.4 Å². The molecule has 0 spiro atoms. The Bertz CT molecular complexity index is 1100. The van der Waals surface area contributed by atoms with Crippen LogP contribution in [0.1, 0.15) is 62.2 Å². The molecule has 4 unspecified atom stereocenters. The summed E-state index contributed by atoms with van der Waals surface area (Å²) in [4.78, 5) is 42.8. The smallest absolute Gasteiger partial charge is 0.325 e. The quantitative estimate of drug-likeness (QED) is 0.625. The zero-order valence-electron chi connectivity index (χ0n) is 18.9. The summed E-state index contributed by atoms with van der Waals surface area (Å²) in [5.41, 5.74) is 0.864. The number of nitrogens with one attached hydrogen (secondary N) is 2. The van der Waals surface area contributed by atoms with E-state index in [2.05, 4.69) is 15.6 Å². The van der Waals surface area contributed by atoms with Gasteiger partial charge in [0.05, 0.1) is 11.1 Å². The minimum absolute atomic E-state index is 0.315. The number of para-hydroxylation sites is 1. The third-order valence-electron chi connectivity index (χ3n) is 8.33. The highest BCUT2D eigenvalue weighted by molar-refractivity contribution is 6.07. The summed E-state index contributed by atoms with van der Waals surface area (Å²) in [6.07, 6.45) is 8.99. The molecule has 7 nitrogen and oxygen atoms in total. The Kier molecular flexibility index (Phi) is 5.59. The van der Waals surface area contributed by atoms with Crippen LogP contribution in [0.2, 0.25) is 0 Å². The van der Waals surface area contributed by atoms with Gasteiger partial charge in [0.2, 0.25) is 5.91 Å². The van der Waals surface area contributed by atoms with E-state index in [9.17, 15) is 19.5 Å². The Balaban J connectivity index is 1.49. The number of carbonyl (C=O) groups excluding carboxylic acids is 2. The van der Waals surface area contributed by atoms with Crippen molar-refractivity contribution in [2.75, 3.05) is 0 Å². The molecule has 3 fully saturated rings. The molecule has 2 amide bonds. The molecule has 33 heavy (non-hydrogen) atoms. The van der Waals surface area contributed by atoms with Crippen LogP contribution in [-0.4, -0.2) is 40.0 Å². The van der Waals surface area contributed by atoms with E-state index in [4.69, 9.17) is 0 Å². The summed E-state index contributed by atoms with van der Waals surface area (Å²) in [6, 6.07) is 7.34. The molecule has 1 heterocycles. The number of nitrogens with zero attached hydrogens (tertiary/aromatic N) is 1. The molecule has 1 aromatic heterocycles. The van der Waals surface area contributed by atoms with E-state index in [0.717, 1.165) is 42.5 Å². The van der Waals surface area contributed by atoms with Crippen LogP contribution in [0.4, 0.5) is 0 Å². The number of pyridine rings is 1. The van der Waals surface area contributed by atoms with Gasteiger partial charge in [-0.25, -0.2) is 0 Å². The summed E-state index contributed by atoms with van der Waals surface area (Å²) >= 11 is 0. The lowest BCUT2D eigenvalue weighted by Gasteiger charge is -2.45. The number of rotatable bonds is 6. The number of carbonyl (C=O) groups is 3. The number of hydrogen-bond donors (Lipinski definition) is 3. The van der Waals surface area contributed by atoms with Crippen molar-refractivity contribution in [1.82, 2.24) is 15.6 Å². The van der Waals surface area contributed by atoms with Crippen LogP contribution in [-0.2, 0) is 9.59 Å². The van der Waals surface area contributed by atoms with E-state index < -0.39 is 24.0 Å². The van der Waals surface area contributed by atoms with Crippen molar-refractivity contribution < 1.29 is 19.5 Å². The average Bonchev–Trinajstić information content (AvgIpc) is 3.02. The molecule has 3 N–H and O–H groups in total. The second-order valence-corrected chi connectivity index (χ2v) is 10.4. The van der Waals surface area contributed by atoms with Crippen molar-refractivity contribution >= 4 is 28.7 Å². The van der Waals surface area contributed by atoms with Crippen LogP contribution >= 0.6 is 0 Å². The molecular formula is C26H31N3O4. The monoisotopic (exact) mass is 449 g/mol. The normalized spacial score (nSPS) is 29.8. The Morgan fingerprint density at radius 1 is 1.09 bits per heavy atom. The lowest BCUT2D eigenvalue weighted by atomic mass is 9.63. The van der Waals surface area contributed by atoms with Gasteiger partial charge in [0, 0.05) is 17.0 Å². The summed E-state index contributed by atoms with van der Waals surface area (Å²) in [6.45, 7) is 1.46. The van der Waals surface area contributed by atoms with E-state index in [0.29, 0.717) is 17.4 Å². The topological polar surface area (TPSA) is 108 Å². The van der Waals surface area contributed by atoms with Crippen molar-refractivity contribution in [2.24, 2.45) is 23.2 Å². The standard InChI is InChI=1S/C26H31N3O4/c1-15(25(32)33)28-24(31)22(26-9-4-5-17-11-16(13-26)12-18(17)14-26)29-23(30)20-8-10-27-21-7-3-2-6-19(20)21/h2-3,6-8,10,15-18,22H,4-5,9,11-14H2,1H3,(H,28,31)(H,29,30)(H,32,33)/t15-,16?,17?,18?,22+,26?/m0/s1. The first-order valence-electron chi connectivity index (χ1n) is 12.0. The second kappa shape index (κ2) is 8.43. The lowest BCUT2D eigenvalue weighted by molar-refractivity contribution is -0.142. The molecule has 7 heteroatoms. The first kappa shape index (κ1) is 21.9. The fourth-order valence-electron chi connectivity index (χ4n) is 6.95. The molecular weight excluding hydrogens is 418 g/mol. The van der Waals surface area contributed by atoms with Crippen LogP contribution in [0.25, 0.3) is 10.9 Å². The molecule has 3 bridgehead atoms. The maximum atomic E-state index is 13.5. The number of fused-ring (bicyclic) bond motifs is 3. The van der Waals surface area contributed by atoms with Crippen LogP contribution in [0.15, 0.2) is 36.5 Å². The minimum atomic E-state index is -1.09. The fourth-order valence-corrected chi connectivity index (χ4v) is 6.95. The third kappa shape index (κ3) is 3.98. The van der Waals surface area contributed by atoms with Gasteiger partial charge < -0.3 is 15.7 Å². The van der Waals surface area contributed by atoms with E-state index in [-0.39, 0.29) is 11.3 Å². The molecule has 6 atom stereocenters. The number of aliphatic carboxylic acids is 1. The maximum Gasteiger partial charge on any atom is 0.325 e. The highest BCUT2D eigenvalue weighted by Crippen LogP contribution is 2.60. The Morgan fingerprint density at radius 3 is 2.70 bits per heavy atom. The average molecular weight is 450 g/mol. The minimum Gasteiger partial charge on any atom is -0.480 e. The van der Waals surface area contributed by atoms with Gasteiger partial charge in [0.1, 0.15) is 12.1 Å². The number of benzene rings is 1. The molecule has 2 aromatic rings. The first-order chi connectivity index (χ1) is 15.9. The van der Waals surface area contributed by atoms with Gasteiger partial charge in [-0.05, 0) is 68.9 Å². The van der Waals surface area contributed by atoms with E-state index in [1.165, 1.54) is 26.2 Å². The van der Waals surface area contributed by atoms with Crippen molar-refractivity contribution in [2.45, 2.75) is 64.0 Å². The highest BCUT2D eigenvalue weighted by atomic mass is 16.4. The van der Waals surface area contributed by atoms with E-state index in [1.807, 2.05) is 24.3 Å². The van der Waals surface area contributed by atoms with Crippen LogP contribution < -0.4 is 10.6 Å². The van der Waals surface area contributed by atoms with Crippen LogP contribution in [0.3, 0.4) is 0 Å². The Labute approximate surface area is 193 Å². The molecule has 0 saturated heterocycles. The Hall–Kier alpha value is -2.96. The van der Waals surface area contributed by atoms with E-state index >= 15 is 0 Å². The fraction of sp³-hybridized carbons (Fsp3) is 0.538. The van der Waals surface area contributed by atoms with Gasteiger partial charge in [-0.15, -0.1) is 0 Å². The third-order valence-corrected chi connectivity index (χ3v) is 8.33. The van der Waals surface area contributed by atoms with Crippen LogP contribution in [0, 0.1) is 23.2 Å². The molecule has 174 valence electrons. The second-order valence-electron chi connectivity index (χ2n) is 10.4. The molecule has 1 aromatic carbocycles. The van der Waals surface area contributed by atoms with E-state index in [1.54, 1.807) is 12.3 Å². The van der Waals surface area contributed by atoms with Crippen molar-refractivity contribution in [3.63, 3.8) is 0 Å². The van der Waals surface area contributed by atoms with Crippen molar-refractivity contribution in [3.8, 4) is 0 Å². The molecule has 5 rings (SSSR count). The Morgan fingerprint density at radius 2 is 1.88 bits per heavy atom. The van der Waals surface area contributed by atoms with Crippen molar-refractivity contribution in [1.29, 1.82) is 0 Å². The summed E-state index contributed by atoms with van der Waals surface area (Å²) in [7, 11) is 0. The molecule has 3 aliphatic rings. The molecule has 0 radical (unpaired) electrons. The molecule has 3 aliphatic carbocycles. The molecule has 3 saturated carbocycles. The number of aromatic nitrogens is 1. The largest absolute Gasteiger partial charge is 0.480 e. The summed E-state index contributed by atoms with van der Waals surface area (Å²) in [5.74, 6) is 0.106. The van der Waals surface area contributed by atoms with Gasteiger partial charge in [-0.1, -0.05) is 31.0 Å². The van der Waals surface area contributed by atoms with Crippen molar-refractivity contribution in [3.05, 3.63) is 42.1 Å². The number of carboxylic acid groups (broad SMARTS) is 1. The van der Waals surface area contributed by atoms with Gasteiger partial charge in [-0.2, -0.15) is 0 Å². The first-order valence-corrected chi connectivity index (χ1v) is 12.0. The predicted molar refractivity (Wildman–Crippen MR) is 123 cm³/mol. The number of carboxylic acids is 1. The van der Waals surface area contributed by atoms with Crippen LogP contribution in [0.5, 0.6) is 0 Å². The SMILES string of the molecule is C[C@H](NC(=O)[C@@H](NC(=O)c1ccnc2ccccc12)C12CCCC3CC(CC3C1)C2)C(=O)O. The summed E-state index contributed by atoms with van der Waals surface area (Å²) < 4.78 is 0. The van der Waals surface area contributed by atoms with Gasteiger partial charge in [0.15, 0.2) is 0 Å². The zero-order chi connectivity index (χ0) is 23.2. The number of hydrogen-bond acceptors (Lipinski definition) is 4.